The third-order valence-electron chi connectivity index (χ3n) is 3.60. The highest BCUT2D eigenvalue weighted by atomic mass is 32.1. The summed E-state index contributed by atoms with van der Waals surface area (Å²) in [6.45, 7) is 0.0268. The van der Waals surface area contributed by atoms with Gasteiger partial charge in [-0.15, -0.1) is 11.3 Å². The Kier molecular flexibility index (Phi) is 4.93. The lowest BCUT2D eigenvalue weighted by Crippen LogP contribution is -2.40. The van der Waals surface area contributed by atoms with Gasteiger partial charge in [-0.1, -0.05) is 36.4 Å². The maximum Gasteiger partial charge on any atom is 0.244 e. The smallest absolute Gasteiger partial charge is 0.244 e. The predicted molar refractivity (Wildman–Crippen MR) is 94.5 cm³/mol. The van der Waals surface area contributed by atoms with Crippen LogP contribution in [0.15, 0.2) is 76.7 Å². The number of amides is 1. The van der Waals surface area contributed by atoms with Crippen LogP contribution in [0.4, 0.5) is 0 Å². The average molecular weight is 339 g/mol. The molecule has 0 aliphatic heterocycles. The molecule has 0 saturated carbocycles. The molecule has 2 heterocycles. The molecule has 3 rings (SSSR count). The summed E-state index contributed by atoms with van der Waals surface area (Å²) in [5, 5.41) is 15.7. The summed E-state index contributed by atoms with van der Waals surface area (Å²) in [4.78, 5) is 12.8. The van der Waals surface area contributed by atoms with E-state index in [1.54, 1.807) is 18.2 Å². The van der Waals surface area contributed by atoms with Gasteiger partial charge in [0.2, 0.25) is 5.91 Å². The Morgan fingerprint density at radius 2 is 2.00 bits per heavy atom. The number of carbonyl (C=O) groups is 1. The zero-order chi connectivity index (χ0) is 16.8. The maximum atomic E-state index is 12.1. The molecular formula is C19H17NO3S. The molecule has 3 aromatic rings. The topological polar surface area (TPSA) is 62.5 Å². The number of aliphatic hydroxyl groups is 1. The molecule has 0 fully saturated rings. The van der Waals surface area contributed by atoms with E-state index in [-0.39, 0.29) is 12.5 Å². The van der Waals surface area contributed by atoms with E-state index in [0.717, 1.165) is 5.56 Å². The molecule has 0 radical (unpaired) electrons. The molecule has 1 unspecified atom stereocenters. The second-order valence-corrected chi connectivity index (χ2v) is 6.22. The van der Waals surface area contributed by atoms with Crippen LogP contribution in [0.1, 0.15) is 16.2 Å². The van der Waals surface area contributed by atoms with Crippen molar-refractivity contribution in [3.05, 3.63) is 88.5 Å². The molecule has 2 N–H and O–H groups in total. The number of furan rings is 1. The number of hydrogen-bond donors (Lipinski definition) is 2. The molecule has 4 nitrogen and oxygen atoms in total. The molecule has 1 aromatic carbocycles. The third-order valence-corrected chi connectivity index (χ3v) is 4.62. The maximum absolute atomic E-state index is 12.1. The quantitative estimate of drug-likeness (QED) is 0.677. The summed E-state index contributed by atoms with van der Waals surface area (Å²) in [7, 11) is 0. The fourth-order valence-corrected chi connectivity index (χ4v) is 3.16. The second-order valence-electron chi connectivity index (χ2n) is 5.28. The van der Waals surface area contributed by atoms with Crippen LogP contribution < -0.4 is 5.32 Å². The number of carbonyl (C=O) groups excluding carboxylic acids is 1. The van der Waals surface area contributed by atoms with Gasteiger partial charge in [-0.05, 0) is 35.2 Å². The average Bonchev–Trinajstić information content (AvgIpc) is 3.32. The summed E-state index contributed by atoms with van der Waals surface area (Å²) in [6, 6.07) is 16.6. The van der Waals surface area contributed by atoms with Crippen molar-refractivity contribution in [2.45, 2.75) is 5.60 Å². The minimum Gasteiger partial charge on any atom is -0.466 e. The molecule has 0 aliphatic rings. The first kappa shape index (κ1) is 16.2. The van der Waals surface area contributed by atoms with Crippen molar-refractivity contribution in [3.63, 3.8) is 0 Å². The van der Waals surface area contributed by atoms with Crippen LogP contribution in [-0.4, -0.2) is 17.6 Å². The lowest BCUT2D eigenvalue weighted by Gasteiger charge is -2.24. The van der Waals surface area contributed by atoms with E-state index >= 15 is 0 Å². The molecule has 5 heteroatoms. The Morgan fingerprint density at radius 1 is 1.17 bits per heavy atom. The van der Waals surface area contributed by atoms with Gasteiger partial charge >= 0.3 is 0 Å². The lowest BCUT2D eigenvalue weighted by molar-refractivity contribution is -0.117. The largest absolute Gasteiger partial charge is 0.466 e. The Labute approximate surface area is 144 Å². The van der Waals surface area contributed by atoms with Crippen LogP contribution in [-0.2, 0) is 10.4 Å². The van der Waals surface area contributed by atoms with E-state index in [2.05, 4.69) is 5.32 Å². The summed E-state index contributed by atoms with van der Waals surface area (Å²) in [5.41, 5.74) is -0.444. The second kappa shape index (κ2) is 7.29. The number of nitrogens with one attached hydrogen (secondary N) is 1. The Hall–Kier alpha value is -2.63. The van der Waals surface area contributed by atoms with Gasteiger partial charge in [0.05, 0.1) is 12.8 Å². The van der Waals surface area contributed by atoms with Crippen LogP contribution in [0.25, 0.3) is 6.08 Å². The fraction of sp³-hybridized carbons (Fsp3) is 0.105. The van der Waals surface area contributed by atoms with Gasteiger partial charge in [0.1, 0.15) is 5.76 Å². The highest BCUT2D eigenvalue weighted by Gasteiger charge is 2.35. The van der Waals surface area contributed by atoms with E-state index in [4.69, 9.17) is 4.42 Å². The summed E-state index contributed by atoms with van der Waals surface area (Å²) < 4.78 is 5.37. The van der Waals surface area contributed by atoms with Crippen molar-refractivity contribution in [1.82, 2.24) is 5.32 Å². The number of rotatable bonds is 6. The number of thiophene rings is 1. The lowest BCUT2D eigenvalue weighted by atomic mass is 9.98. The van der Waals surface area contributed by atoms with Crippen LogP contribution in [0.3, 0.4) is 0 Å². The SMILES string of the molecule is O=C(/C=C/c1ccccc1)NCC(O)(c1ccco1)c1cccs1. The zero-order valence-corrected chi connectivity index (χ0v) is 13.7. The molecule has 0 spiro atoms. The number of benzene rings is 1. The van der Waals surface area contributed by atoms with Crippen LogP contribution in [0.2, 0.25) is 0 Å². The molecule has 0 bridgehead atoms. The number of hydrogen-bond acceptors (Lipinski definition) is 4. The monoisotopic (exact) mass is 339 g/mol. The van der Waals surface area contributed by atoms with E-state index in [1.807, 2.05) is 47.8 Å². The normalized spacial score (nSPS) is 13.7. The van der Waals surface area contributed by atoms with E-state index < -0.39 is 5.60 Å². The van der Waals surface area contributed by atoms with Crippen molar-refractivity contribution in [3.8, 4) is 0 Å². The van der Waals surface area contributed by atoms with Crippen molar-refractivity contribution >= 4 is 23.3 Å². The van der Waals surface area contributed by atoms with Gasteiger partial charge in [-0.25, -0.2) is 0 Å². The van der Waals surface area contributed by atoms with Crippen LogP contribution in [0.5, 0.6) is 0 Å². The summed E-state index contributed by atoms with van der Waals surface area (Å²) in [5.74, 6) is 0.123. The van der Waals surface area contributed by atoms with Gasteiger partial charge in [0.15, 0.2) is 5.60 Å². The predicted octanol–water partition coefficient (Wildman–Crippen LogP) is 3.41. The molecular weight excluding hydrogens is 322 g/mol. The van der Waals surface area contributed by atoms with E-state index in [9.17, 15) is 9.90 Å². The molecule has 0 aliphatic carbocycles. The Balaban J connectivity index is 1.71. The van der Waals surface area contributed by atoms with Crippen molar-refractivity contribution in [2.24, 2.45) is 0 Å². The van der Waals surface area contributed by atoms with Gasteiger partial charge in [-0.2, -0.15) is 0 Å². The summed E-state index contributed by atoms with van der Waals surface area (Å²) in [6.07, 6.45) is 4.68. The first-order valence-corrected chi connectivity index (χ1v) is 8.38. The highest BCUT2D eigenvalue weighted by Crippen LogP contribution is 2.32. The molecule has 1 atom stereocenters. The van der Waals surface area contributed by atoms with Crippen LogP contribution in [0, 0.1) is 0 Å². The third kappa shape index (κ3) is 3.64. The fourth-order valence-electron chi connectivity index (χ4n) is 2.33. The van der Waals surface area contributed by atoms with Gasteiger partial charge < -0.3 is 14.8 Å². The van der Waals surface area contributed by atoms with Gasteiger partial charge in [0, 0.05) is 11.0 Å². The Morgan fingerprint density at radius 3 is 2.67 bits per heavy atom. The Bertz CT molecular complexity index is 758. The standard InChI is InChI=1S/C19H17NO3S/c21-18(11-10-15-6-2-1-3-7-15)20-14-19(22,16-8-4-12-23-16)17-9-5-13-24-17/h1-13,22H,14H2,(H,20,21)/b11-10+. The first-order valence-electron chi connectivity index (χ1n) is 7.50. The van der Waals surface area contributed by atoms with Crippen LogP contribution >= 0.6 is 11.3 Å². The molecule has 2 aromatic heterocycles. The van der Waals surface area contributed by atoms with Gasteiger partial charge in [-0.3, -0.25) is 4.79 Å². The van der Waals surface area contributed by atoms with E-state index in [0.29, 0.717) is 10.6 Å². The van der Waals surface area contributed by atoms with Crippen molar-refractivity contribution in [1.29, 1.82) is 0 Å². The first-order chi connectivity index (χ1) is 11.7. The van der Waals surface area contributed by atoms with Crippen molar-refractivity contribution < 1.29 is 14.3 Å². The van der Waals surface area contributed by atoms with Gasteiger partial charge in [0.25, 0.3) is 0 Å². The molecule has 0 saturated heterocycles. The molecule has 1 amide bonds. The molecule has 24 heavy (non-hydrogen) atoms. The summed E-state index contributed by atoms with van der Waals surface area (Å²) >= 11 is 1.41. The zero-order valence-electron chi connectivity index (χ0n) is 12.9. The highest BCUT2D eigenvalue weighted by molar-refractivity contribution is 7.10. The van der Waals surface area contributed by atoms with Crippen molar-refractivity contribution in [2.75, 3.05) is 6.54 Å². The minimum absolute atomic E-state index is 0.0268. The minimum atomic E-state index is -1.38. The van der Waals surface area contributed by atoms with E-state index in [1.165, 1.54) is 23.7 Å². The molecule has 122 valence electrons.